The van der Waals surface area contributed by atoms with Crippen LogP contribution < -0.4 is 5.32 Å². The molecule has 2 heterocycles. The zero-order valence-corrected chi connectivity index (χ0v) is 20.6. The van der Waals surface area contributed by atoms with Crippen molar-refractivity contribution in [2.24, 2.45) is 0 Å². The molecule has 0 spiro atoms. The Labute approximate surface area is 212 Å². The van der Waals surface area contributed by atoms with Crippen LogP contribution in [-0.2, 0) is 27.5 Å². The van der Waals surface area contributed by atoms with Crippen molar-refractivity contribution in [1.82, 2.24) is 9.62 Å². The summed E-state index contributed by atoms with van der Waals surface area (Å²) < 4.78 is 93.0. The normalized spacial score (nSPS) is 18.3. The standard InChI is InChI=1S/C23H18ClF5N2O3S2/c24-19-8-9-20(35-19)36(33,34)31-13-22(25,26)11-18(31)21(32)30-12-14-2-1-3-16(10-14)15-4-6-17(7-5-15)23(27,28)29/h1-10,18H,11-13H2,(H,30,32)/t18-/m0/s1. The van der Waals surface area contributed by atoms with E-state index in [0.29, 0.717) is 32.3 Å². The number of carbonyl (C=O) groups is 1. The highest BCUT2D eigenvalue weighted by atomic mass is 35.5. The molecule has 1 aromatic heterocycles. The van der Waals surface area contributed by atoms with E-state index in [4.69, 9.17) is 11.6 Å². The summed E-state index contributed by atoms with van der Waals surface area (Å²) in [6, 6.07) is 12.0. The maximum Gasteiger partial charge on any atom is 0.416 e. The Kier molecular flexibility index (Phi) is 7.17. The van der Waals surface area contributed by atoms with Crippen LogP contribution in [0.2, 0.25) is 4.34 Å². The lowest BCUT2D eigenvalue weighted by atomic mass is 10.0. The predicted octanol–water partition coefficient (Wildman–Crippen LogP) is 5.80. The monoisotopic (exact) mass is 564 g/mol. The molecule has 1 atom stereocenters. The summed E-state index contributed by atoms with van der Waals surface area (Å²) in [7, 11) is -4.38. The van der Waals surface area contributed by atoms with Gasteiger partial charge in [-0.3, -0.25) is 4.79 Å². The molecule has 0 saturated carbocycles. The Hall–Kier alpha value is -2.54. The molecule has 1 N–H and O–H groups in total. The van der Waals surface area contributed by atoms with Gasteiger partial charge < -0.3 is 5.32 Å². The molecule has 5 nitrogen and oxygen atoms in total. The first-order chi connectivity index (χ1) is 16.8. The van der Waals surface area contributed by atoms with Gasteiger partial charge in [-0.1, -0.05) is 41.9 Å². The van der Waals surface area contributed by atoms with E-state index in [0.717, 1.165) is 12.1 Å². The van der Waals surface area contributed by atoms with Crippen LogP contribution in [0.5, 0.6) is 0 Å². The van der Waals surface area contributed by atoms with Crippen molar-refractivity contribution >= 4 is 38.9 Å². The molecule has 1 amide bonds. The number of sulfonamides is 1. The van der Waals surface area contributed by atoms with E-state index in [-0.39, 0.29) is 15.1 Å². The fourth-order valence-electron chi connectivity index (χ4n) is 3.83. The summed E-state index contributed by atoms with van der Waals surface area (Å²) in [5.41, 5.74) is 0.859. The van der Waals surface area contributed by atoms with E-state index in [1.165, 1.54) is 24.3 Å². The number of nitrogens with one attached hydrogen (secondary N) is 1. The van der Waals surface area contributed by atoms with Crippen LogP contribution in [0.15, 0.2) is 64.9 Å². The van der Waals surface area contributed by atoms with Crippen LogP contribution in [0.4, 0.5) is 22.0 Å². The Morgan fingerprint density at radius 1 is 1.08 bits per heavy atom. The molecule has 36 heavy (non-hydrogen) atoms. The number of benzene rings is 2. The lowest BCUT2D eigenvalue weighted by Crippen LogP contribution is -2.45. The third-order valence-corrected chi connectivity index (χ3v) is 9.13. The summed E-state index contributed by atoms with van der Waals surface area (Å²) in [5, 5.41) is 2.50. The number of halogens is 6. The molecular formula is C23H18ClF5N2O3S2. The molecule has 3 aromatic rings. The highest BCUT2D eigenvalue weighted by Gasteiger charge is 2.53. The van der Waals surface area contributed by atoms with E-state index in [9.17, 15) is 35.2 Å². The number of nitrogens with zero attached hydrogens (tertiary/aromatic N) is 1. The van der Waals surface area contributed by atoms with Crippen LogP contribution in [0.1, 0.15) is 17.5 Å². The van der Waals surface area contributed by atoms with Crippen molar-refractivity contribution in [2.75, 3.05) is 6.54 Å². The van der Waals surface area contributed by atoms with Gasteiger partial charge in [0.2, 0.25) is 5.91 Å². The molecule has 192 valence electrons. The largest absolute Gasteiger partial charge is 0.416 e. The number of thiophene rings is 1. The minimum absolute atomic E-state index is 0.103. The average molecular weight is 565 g/mol. The maximum atomic E-state index is 14.2. The van der Waals surface area contributed by atoms with Gasteiger partial charge in [-0.2, -0.15) is 17.5 Å². The SMILES string of the molecule is O=C(NCc1cccc(-c2ccc(C(F)(F)F)cc2)c1)[C@@H]1CC(F)(F)CN1S(=O)(=O)c1ccc(Cl)s1. The van der Waals surface area contributed by atoms with E-state index < -0.39 is 52.6 Å². The summed E-state index contributed by atoms with van der Waals surface area (Å²) in [6.07, 6.45) is -5.43. The van der Waals surface area contributed by atoms with Gasteiger partial charge >= 0.3 is 6.18 Å². The van der Waals surface area contributed by atoms with Gasteiger partial charge in [-0.05, 0) is 47.0 Å². The average Bonchev–Trinajstić information content (AvgIpc) is 3.40. The number of amides is 1. The molecule has 4 rings (SSSR count). The fraction of sp³-hybridized carbons (Fsp3) is 0.261. The van der Waals surface area contributed by atoms with Gasteiger partial charge in [0.05, 0.1) is 16.4 Å². The van der Waals surface area contributed by atoms with Crippen molar-refractivity contribution in [3.8, 4) is 11.1 Å². The van der Waals surface area contributed by atoms with Crippen LogP contribution in [0.3, 0.4) is 0 Å². The van der Waals surface area contributed by atoms with Crippen LogP contribution in [0, 0.1) is 0 Å². The maximum absolute atomic E-state index is 14.2. The van der Waals surface area contributed by atoms with Crippen LogP contribution in [-0.4, -0.2) is 37.1 Å². The second-order valence-electron chi connectivity index (χ2n) is 8.18. The summed E-state index contributed by atoms with van der Waals surface area (Å²) in [6.45, 7) is -1.24. The summed E-state index contributed by atoms with van der Waals surface area (Å²) in [5.74, 6) is -4.28. The second kappa shape index (κ2) is 9.73. The molecular weight excluding hydrogens is 547 g/mol. The van der Waals surface area contributed by atoms with Gasteiger partial charge in [0.25, 0.3) is 15.9 Å². The van der Waals surface area contributed by atoms with Gasteiger partial charge in [0.1, 0.15) is 10.3 Å². The Morgan fingerprint density at radius 2 is 1.78 bits per heavy atom. The number of alkyl halides is 5. The first kappa shape index (κ1) is 26.5. The molecule has 0 radical (unpaired) electrons. The molecule has 0 bridgehead atoms. The van der Waals surface area contributed by atoms with Crippen LogP contribution in [0.25, 0.3) is 11.1 Å². The quantitative estimate of drug-likeness (QED) is 0.385. The third kappa shape index (κ3) is 5.72. The number of rotatable bonds is 6. The Balaban J connectivity index is 1.49. The lowest BCUT2D eigenvalue weighted by Gasteiger charge is -2.22. The van der Waals surface area contributed by atoms with E-state index in [1.54, 1.807) is 24.3 Å². The lowest BCUT2D eigenvalue weighted by molar-refractivity contribution is -0.137. The van der Waals surface area contributed by atoms with Crippen LogP contribution >= 0.6 is 22.9 Å². The van der Waals surface area contributed by atoms with Crippen molar-refractivity contribution in [2.45, 2.75) is 35.3 Å². The summed E-state index contributed by atoms with van der Waals surface area (Å²) in [4.78, 5) is 12.8. The first-order valence-electron chi connectivity index (χ1n) is 10.5. The van der Waals surface area contributed by atoms with Crippen molar-refractivity contribution in [3.63, 3.8) is 0 Å². The summed E-state index contributed by atoms with van der Waals surface area (Å²) >= 11 is 6.49. The number of hydrogen-bond donors (Lipinski definition) is 1. The topological polar surface area (TPSA) is 66.5 Å². The minimum Gasteiger partial charge on any atom is -0.351 e. The second-order valence-corrected chi connectivity index (χ2v) is 12.0. The molecule has 0 unspecified atom stereocenters. The molecule has 0 aliphatic carbocycles. The Bertz CT molecular complexity index is 1370. The van der Waals surface area contributed by atoms with Gasteiger partial charge in [-0.25, -0.2) is 17.2 Å². The zero-order chi connectivity index (χ0) is 26.3. The van der Waals surface area contributed by atoms with Gasteiger partial charge in [-0.15, -0.1) is 11.3 Å². The molecule has 1 aliphatic heterocycles. The molecule has 1 saturated heterocycles. The van der Waals surface area contributed by atoms with Crippen molar-refractivity contribution < 1.29 is 35.2 Å². The smallest absolute Gasteiger partial charge is 0.351 e. The number of carbonyl (C=O) groups excluding carboxylic acids is 1. The molecule has 1 aliphatic rings. The predicted molar refractivity (Wildman–Crippen MR) is 125 cm³/mol. The van der Waals surface area contributed by atoms with E-state index in [1.807, 2.05) is 0 Å². The molecule has 1 fully saturated rings. The highest BCUT2D eigenvalue weighted by Crippen LogP contribution is 2.38. The first-order valence-corrected chi connectivity index (χ1v) is 13.1. The third-order valence-electron chi connectivity index (χ3n) is 5.58. The fourth-order valence-corrected chi connectivity index (χ4v) is 7.06. The molecule has 2 aromatic carbocycles. The zero-order valence-electron chi connectivity index (χ0n) is 18.2. The van der Waals surface area contributed by atoms with E-state index in [2.05, 4.69) is 5.32 Å². The minimum atomic E-state index is -4.46. The number of hydrogen-bond acceptors (Lipinski definition) is 4. The van der Waals surface area contributed by atoms with E-state index >= 15 is 0 Å². The van der Waals surface area contributed by atoms with Crippen molar-refractivity contribution in [1.29, 1.82) is 0 Å². The van der Waals surface area contributed by atoms with Gasteiger partial charge in [0, 0.05) is 13.0 Å². The van der Waals surface area contributed by atoms with Gasteiger partial charge in [0.15, 0.2) is 0 Å². The van der Waals surface area contributed by atoms with Crippen molar-refractivity contribution in [3.05, 3.63) is 76.1 Å². The molecule has 13 heteroatoms. The Morgan fingerprint density at radius 3 is 2.39 bits per heavy atom. The highest BCUT2D eigenvalue weighted by molar-refractivity contribution is 7.91.